The maximum Gasteiger partial charge on any atom is 0.142 e. The molecule has 52 heavy (non-hydrogen) atoms. The number of benzene rings is 6. The second kappa shape index (κ2) is 11.1. The Kier molecular flexibility index (Phi) is 6.19. The molecule has 6 nitrogen and oxygen atoms in total. The average molecular weight is 669 g/mol. The number of nitrogens with one attached hydrogen (secondary N) is 1. The second-order valence-electron chi connectivity index (χ2n) is 13.8. The molecule has 1 atom stereocenters. The summed E-state index contributed by atoms with van der Waals surface area (Å²) in [6.45, 7) is 2.73. The fourth-order valence-corrected chi connectivity index (χ4v) is 8.34. The van der Waals surface area contributed by atoms with Gasteiger partial charge in [0.15, 0.2) is 0 Å². The molecular formula is C46H32N6. The largest absolute Gasteiger partial charge is 0.359 e. The van der Waals surface area contributed by atoms with Crippen LogP contribution >= 0.6 is 0 Å². The average Bonchev–Trinajstić information content (AvgIpc) is 3.79. The lowest BCUT2D eigenvalue weighted by atomic mass is 9.91. The molecule has 6 heteroatoms. The quantitative estimate of drug-likeness (QED) is 0.190. The van der Waals surface area contributed by atoms with Gasteiger partial charge in [0, 0.05) is 51.2 Å². The van der Waals surface area contributed by atoms with E-state index in [2.05, 4.69) is 161 Å². The van der Waals surface area contributed by atoms with Crippen LogP contribution in [0.2, 0.25) is 0 Å². The van der Waals surface area contributed by atoms with Gasteiger partial charge in [0.2, 0.25) is 0 Å². The number of pyridine rings is 2. The zero-order valence-corrected chi connectivity index (χ0v) is 28.5. The van der Waals surface area contributed by atoms with E-state index in [1.54, 1.807) is 0 Å². The smallest absolute Gasteiger partial charge is 0.142 e. The van der Waals surface area contributed by atoms with Crippen molar-refractivity contribution in [2.24, 2.45) is 4.99 Å². The molecule has 0 spiro atoms. The molecule has 0 radical (unpaired) electrons. The van der Waals surface area contributed by atoms with E-state index in [4.69, 9.17) is 15.0 Å². The second-order valence-corrected chi connectivity index (χ2v) is 13.8. The zero-order chi connectivity index (χ0) is 34.3. The highest BCUT2D eigenvalue weighted by atomic mass is 15.3. The minimum Gasteiger partial charge on any atom is -0.359 e. The highest BCUT2D eigenvalue weighted by molar-refractivity contribution is 6.04. The number of para-hydroxylation sites is 6. The van der Waals surface area contributed by atoms with Crippen LogP contribution in [0.5, 0.6) is 0 Å². The molecule has 6 aromatic carbocycles. The van der Waals surface area contributed by atoms with Gasteiger partial charge in [0.25, 0.3) is 0 Å². The molecule has 2 aliphatic heterocycles. The van der Waals surface area contributed by atoms with Crippen molar-refractivity contribution in [2.45, 2.75) is 19.6 Å². The molecule has 0 saturated carbocycles. The van der Waals surface area contributed by atoms with E-state index < -0.39 is 0 Å². The van der Waals surface area contributed by atoms with E-state index >= 15 is 0 Å². The van der Waals surface area contributed by atoms with E-state index in [-0.39, 0.29) is 6.17 Å². The Labute approximate surface area is 300 Å². The SMILES string of the molecule is Cc1c(C=NCc2ccc3ccc(-c4cc5c(cn4)-c4ccccc4N4c6ccccc6NC54)cc3c2)c2ccccc2n2c1nc1ccccc12. The summed E-state index contributed by atoms with van der Waals surface area (Å²) in [6, 6.07) is 49.6. The first-order valence-electron chi connectivity index (χ1n) is 17.8. The first kappa shape index (κ1) is 29.0. The highest BCUT2D eigenvalue weighted by Crippen LogP contribution is 2.54. The Morgan fingerprint density at radius 1 is 0.731 bits per heavy atom. The van der Waals surface area contributed by atoms with Crippen LogP contribution in [-0.2, 0) is 6.54 Å². The molecule has 5 heterocycles. The van der Waals surface area contributed by atoms with Crippen LogP contribution < -0.4 is 10.2 Å². The highest BCUT2D eigenvalue weighted by Gasteiger charge is 2.38. The maximum absolute atomic E-state index is 5.03. The molecule has 0 amide bonds. The van der Waals surface area contributed by atoms with Gasteiger partial charge in [0.05, 0.1) is 45.9 Å². The number of fused-ring (bicyclic) bond motifs is 14. The molecule has 3 aromatic heterocycles. The third kappa shape index (κ3) is 4.27. The Hall–Kier alpha value is -6.79. The molecule has 2 aliphatic rings. The van der Waals surface area contributed by atoms with Crippen LogP contribution in [-0.4, -0.2) is 20.6 Å². The minimum atomic E-state index is 0.00277. The molecule has 1 N–H and O–H groups in total. The van der Waals surface area contributed by atoms with Crippen LogP contribution in [0.4, 0.5) is 17.1 Å². The van der Waals surface area contributed by atoms with Crippen molar-refractivity contribution in [3.8, 4) is 22.4 Å². The predicted molar refractivity (Wildman–Crippen MR) is 214 cm³/mol. The summed E-state index contributed by atoms with van der Waals surface area (Å²) in [6.07, 6.45) is 4.09. The van der Waals surface area contributed by atoms with Crippen LogP contribution in [0.3, 0.4) is 0 Å². The summed E-state index contributed by atoms with van der Waals surface area (Å²) in [5, 5.41) is 7.33. The molecular weight excluding hydrogens is 637 g/mol. The molecule has 11 rings (SSSR count). The summed E-state index contributed by atoms with van der Waals surface area (Å²) in [7, 11) is 0. The fraction of sp³-hybridized carbons (Fsp3) is 0.0652. The first-order chi connectivity index (χ1) is 25.7. The minimum absolute atomic E-state index is 0.00277. The number of aromatic nitrogens is 3. The monoisotopic (exact) mass is 668 g/mol. The van der Waals surface area contributed by atoms with Gasteiger partial charge in [-0.2, -0.15) is 0 Å². The van der Waals surface area contributed by atoms with Gasteiger partial charge in [-0.05, 0) is 77.9 Å². The number of imidazole rings is 1. The van der Waals surface area contributed by atoms with E-state index in [0.717, 1.165) is 55.8 Å². The number of aliphatic imine (C=N–C) groups is 1. The molecule has 0 aliphatic carbocycles. The third-order valence-corrected chi connectivity index (χ3v) is 10.8. The molecule has 9 aromatic rings. The Bertz CT molecular complexity index is 2960. The third-order valence-electron chi connectivity index (χ3n) is 10.8. The van der Waals surface area contributed by atoms with Gasteiger partial charge >= 0.3 is 0 Å². The van der Waals surface area contributed by atoms with Gasteiger partial charge in [-0.15, -0.1) is 0 Å². The van der Waals surface area contributed by atoms with Gasteiger partial charge < -0.3 is 10.2 Å². The number of hydrogen-bond donors (Lipinski definition) is 1. The molecule has 1 unspecified atom stereocenters. The van der Waals surface area contributed by atoms with Crippen molar-refractivity contribution in [3.63, 3.8) is 0 Å². The van der Waals surface area contributed by atoms with Gasteiger partial charge in [-0.3, -0.25) is 14.4 Å². The van der Waals surface area contributed by atoms with Crippen molar-refractivity contribution in [1.29, 1.82) is 0 Å². The summed E-state index contributed by atoms with van der Waals surface area (Å²) >= 11 is 0. The van der Waals surface area contributed by atoms with Crippen LogP contribution in [0.15, 0.2) is 151 Å². The molecule has 246 valence electrons. The van der Waals surface area contributed by atoms with Gasteiger partial charge in [-0.25, -0.2) is 4.98 Å². The number of hydrogen-bond acceptors (Lipinski definition) is 5. The Balaban J connectivity index is 0.938. The Morgan fingerprint density at radius 3 is 2.46 bits per heavy atom. The summed E-state index contributed by atoms with van der Waals surface area (Å²) in [4.78, 5) is 17.5. The van der Waals surface area contributed by atoms with Crippen molar-refractivity contribution < 1.29 is 0 Å². The number of rotatable bonds is 4. The van der Waals surface area contributed by atoms with Crippen LogP contribution in [0.1, 0.15) is 28.4 Å². The number of aryl methyl sites for hydroxylation is 1. The molecule has 0 bridgehead atoms. The van der Waals surface area contributed by atoms with Gasteiger partial charge in [0.1, 0.15) is 11.8 Å². The first-order valence-corrected chi connectivity index (χ1v) is 17.8. The topological polar surface area (TPSA) is 57.8 Å². The predicted octanol–water partition coefficient (Wildman–Crippen LogP) is 11.0. The van der Waals surface area contributed by atoms with E-state index in [9.17, 15) is 0 Å². The lowest BCUT2D eigenvalue weighted by molar-refractivity contribution is 0.817. The van der Waals surface area contributed by atoms with E-state index in [1.807, 2.05) is 12.3 Å². The molecule has 0 saturated heterocycles. The van der Waals surface area contributed by atoms with Crippen molar-refractivity contribution in [1.82, 2.24) is 14.4 Å². The van der Waals surface area contributed by atoms with E-state index in [1.165, 1.54) is 44.2 Å². The fourth-order valence-electron chi connectivity index (χ4n) is 8.34. The van der Waals surface area contributed by atoms with E-state index in [0.29, 0.717) is 6.54 Å². The summed E-state index contributed by atoms with van der Waals surface area (Å²) in [5.74, 6) is 0. The maximum atomic E-state index is 5.03. The zero-order valence-electron chi connectivity index (χ0n) is 28.5. The normalized spacial score (nSPS) is 14.6. The van der Waals surface area contributed by atoms with Gasteiger partial charge in [-0.1, -0.05) is 84.9 Å². The lowest BCUT2D eigenvalue weighted by Gasteiger charge is -2.35. The molecule has 0 fully saturated rings. The van der Waals surface area contributed by atoms with Crippen LogP contribution in [0.25, 0.3) is 60.7 Å². The standard InChI is InChI=1S/C46H32N6/c1-28-36(33-10-2-6-14-41(33)51-43-16-8-4-12-38(43)49-45(28)51)26-47-25-29-18-19-30-20-21-31(23-32(30)22-29)40-24-35-37(27-48-40)34-11-3-7-15-42(34)52-44-17-9-5-13-39(44)50-46(35)52/h2-24,26-27,46,50H,25H2,1H3. The summed E-state index contributed by atoms with van der Waals surface area (Å²) < 4.78 is 2.27. The van der Waals surface area contributed by atoms with Crippen molar-refractivity contribution in [3.05, 3.63) is 168 Å². The number of anilines is 3. The van der Waals surface area contributed by atoms with Crippen molar-refractivity contribution >= 4 is 61.6 Å². The lowest BCUT2D eigenvalue weighted by Crippen LogP contribution is -2.27. The van der Waals surface area contributed by atoms with Crippen LogP contribution in [0, 0.1) is 6.92 Å². The summed E-state index contributed by atoms with van der Waals surface area (Å²) in [5.41, 5.74) is 16.8. The number of nitrogens with zero attached hydrogens (tertiary/aromatic N) is 5. The Morgan fingerprint density at radius 2 is 1.52 bits per heavy atom. The van der Waals surface area contributed by atoms with Crippen molar-refractivity contribution in [2.75, 3.05) is 10.2 Å².